The Balaban J connectivity index is 1.90. The second-order valence-corrected chi connectivity index (χ2v) is 6.34. The zero-order valence-electron chi connectivity index (χ0n) is 13.7. The van der Waals surface area contributed by atoms with Gasteiger partial charge in [0.25, 0.3) is 0 Å². The molecule has 1 aliphatic rings. The summed E-state index contributed by atoms with van der Waals surface area (Å²) in [5.41, 5.74) is 6.96. The van der Waals surface area contributed by atoms with Crippen LogP contribution in [0.3, 0.4) is 0 Å². The van der Waals surface area contributed by atoms with Crippen molar-refractivity contribution >= 4 is 5.91 Å². The lowest BCUT2D eigenvalue weighted by atomic mass is 9.84. The summed E-state index contributed by atoms with van der Waals surface area (Å²) < 4.78 is 5.25. The highest BCUT2D eigenvalue weighted by atomic mass is 16.5. The third kappa shape index (κ3) is 4.47. The van der Waals surface area contributed by atoms with Gasteiger partial charge >= 0.3 is 0 Å². The molecule has 1 fully saturated rings. The molecule has 0 aromatic heterocycles. The first-order chi connectivity index (χ1) is 10.6. The van der Waals surface area contributed by atoms with Crippen LogP contribution in [0.15, 0.2) is 24.3 Å². The van der Waals surface area contributed by atoms with E-state index >= 15 is 0 Å². The number of nitrogens with two attached hydrogens (primary N) is 1. The van der Waals surface area contributed by atoms with Gasteiger partial charge in [0.1, 0.15) is 5.75 Å². The third-order valence-corrected chi connectivity index (χ3v) is 4.71. The van der Waals surface area contributed by atoms with Crippen molar-refractivity contribution < 1.29 is 9.53 Å². The maximum Gasteiger partial charge on any atom is 0.220 e. The minimum atomic E-state index is 0.126. The van der Waals surface area contributed by atoms with E-state index in [2.05, 4.69) is 12.2 Å². The van der Waals surface area contributed by atoms with E-state index in [1.54, 1.807) is 7.11 Å². The standard InChI is InChI=1S/C18H28N2O2/c1-13(14-7-5-8-16(11-14)22-2)10-18(21)20-17-9-4-3-6-15(17)12-19/h5,7-8,11,13,15,17H,3-4,6,9-10,12,19H2,1-2H3,(H,20,21). The smallest absolute Gasteiger partial charge is 0.220 e. The summed E-state index contributed by atoms with van der Waals surface area (Å²) in [6.07, 6.45) is 5.11. The molecule has 1 aromatic rings. The molecule has 0 radical (unpaired) electrons. The van der Waals surface area contributed by atoms with Gasteiger partial charge in [-0.05, 0) is 48.9 Å². The first kappa shape index (κ1) is 16.8. The van der Waals surface area contributed by atoms with Gasteiger partial charge in [0.2, 0.25) is 5.91 Å². The van der Waals surface area contributed by atoms with Crippen LogP contribution < -0.4 is 15.8 Å². The van der Waals surface area contributed by atoms with Gasteiger partial charge in [-0.3, -0.25) is 4.79 Å². The van der Waals surface area contributed by atoms with Crippen molar-refractivity contribution in [3.8, 4) is 5.75 Å². The van der Waals surface area contributed by atoms with Gasteiger partial charge in [0, 0.05) is 12.5 Å². The van der Waals surface area contributed by atoms with Crippen molar-refractivity contribution in [3.63, 3.8) is 0 Å². The Morgan fingerprint density at radius 3 is 2.91 bits per heavy atom. The van der Waals surface area contributed by atoms with E-state index < -0.39 is 0 Å². The summed E-state index contributed by atoms with van der Waals surface area (Å²) in [6.45, 7) is 2.74. The lowest BCUT2D eigenvalue weighted by Gasteiger charge is -2.31. The van der Waals surface area contributed by atoms with Crippen molar-refractivity contribution in [1.29, 1.82) is 0 Å². The predicted octanol–water partition coefficient (Wildman–Crippen LogP) is 2.82. The van der Waals surface area contributed by atoms with Gasteiger partial charge < -0.3 is 15.8 Å². The molecule has 0 spiro atoms. The van der Waals surface area contributed by atoms with Gasteiger partial charge in [-0.15, -0.1) is 0 Å². The molecule has 1 saturated carbocycles. The van der Waals surface area contributed by atoms with Crippen LogP contribution in [0.2, 0.25) is 0 Å². The number of methoxy groups -OCH3 is 1. The normalized spacial score (nSPS) is 22.9. The number of amides is 1. The number of carbonyl (C=O) groups excluding carboxylic acids is 1. The van der Waals surface area contributed by atoms with E-state index in [-0.39, 0.29) is 17.9 Å². The van der Waals surface area contributed by atoms with Crippen molar-refractivity contribution in [1.82, 2.24) is 5.32 Å². The Labute approximate surface area is 133 Å². The van der Waals surface area contributed by atoms with Crippen LogP contribution in [-0.2, 0) is 4.79 Å². The fourth-order valence-electron chi connectivity index (χ4n) is 3.29. The van der Waals surface area contributed by atoms with Gasteiger partial charge in [0.05, 0.1) is 7.11 Å². The molecule has 0 bridgehead atoms. The Kier molecular flexibility index (Phi) is 6.25. The molecule has 3 unspecified atom stereocenters. The number of hydrogen-bond donors (Lipinski definition) is 2. The number of carbonyl (C=O) groups is 1. The van der Waals surface area contributed by atoms with Crippen LogP contribution in [0.25, 0.3) is 0 Å². The van der Waals surface area contributed by atoms with Crippen molar-refractivity contribution in [3.05, 3.63) is 29.8 Å². The Morgan fingerprint density at radius 2 is 2.18 bits per heavy atom. The molecule has 1 aliphatic carbocycles. The molecule has 0 saturated heterocycles. The summed E-state index contributed by atoms with van der Waals surface area (Å²) >= 11 is 0. The summed E-state index contributed by atoms with van der Waals surface area (Å²) in [6, 6.07) is 8.19. The van der Waals surface area contributed by atoms with Gasteiger partial charge in [-0.25, -0.2) is 0 Å². The van der Waals surface area contributed by atoms with Crippen LogP contribution in [0.5, 0.6) is 5.75 Å². The maximum absolute atomic E-state index is 12.3. The van der Waals surface area contributed by atoms with E-state index in [0.717, 1.165) is 24.2 Å². The first-order valence-electron chi connectivity index (χ1n) is 8.27. The van der Waals surface area contributed by atoms with E-state index in [0.29, 0.717) is 18.9 Å². The molecular weight excluding hydrogens is 276 g/mol. The van der Waals surface area contributed by atoms with Crippen molar-refractivity contribution in [2.75, 3.05) is 13.7 Å². The Morgan fingerprint density at radius 1 is 1.41 bits per heavy atom. The summed E-state index contributed by atoms with van der Waals surface area (Å²) in [5, 5.41) is 3.20. The monoisotopic (exact) mass is 304 g/mol. The van der Waals surface area contributed by atoms with Crippen LogP contribution in [0.1, 0.15) is 50.5 Å². The third-order valence-electron chi connectivity index (χ3n) is 4.71. The minimum absolute atomic E-state index is 0.126. The molecule has 1 aromatic carbocycles. The lowest BCUT2D eigenvalue weighted by Crippen LogP contribution is -2.44. The van der Waals surface area contributed by atoms with Gasteiger partial charge in [-0.2, -0.15) is 0 Å². The molecule has 4 heteroatoms. The fraction of sp³-hybridized carbons (Fsp3) is 0.611. The molecule has 0 aliphatic heterocycles. The maximum atomic E-state index is 12.3. The second-order valence-electron chi connectivity index (χ2n) is 6.34. The van der Waals surface area contributed by atoms with Crippen LogP contribution in [0.4, 0.5) is 0 Å². The zero-order valence-corrected chi connectivity index (χ0v) is 13.7. The number of ether oxygens (including phenoxy) is 1. The molecule has 4 nitrogen and oxygen atoms in total. The summed E-state index contributed by atoms with van der Waals surface area (Å²) in [7, 11) is 1.66. The highest BCUT2D eigenvalue weighted by molar-refractivity contribution is 5.77. The average molecular weight is 304 g/mol. The Hall–Kier alpha value is -1.55. The topological polar surface area (TPSA) is 64.3 Å². The quantitative estimate of drug-likeness (QED) is 0.849. The Bertz CT molecular complexity index is 490. The van der Waals surface area contributed by atoms with Crippen molar-refractivity contribution in [2.24, 2.45) is 11.7 Å². The lowest BCUT2D eigenvalue weighted by molar-refractivity contribution is -0.122. The zero-order chi connectivity index (χ0) is 15.9. The second kappa shape index (κ2) is 8.18. The molecular formula is C18H28N2O2. The van der Waals surface area contributed by atoms with Crippen LogP contribution in [-0.4, -0.2) is 25.6 Å². The highest BCUT2D eigenvalue weighted by Crippen LogP contribution is 2.25. The van der Waals surface area contributed by atoms with E-state index in [9.17, 15) is 4.79 Å². The van der Waals surface area contributed by atoms with E-state index in [4.69, 9.17) is 10.5 Å². The van der Waals surface area contributed by atoms with E-state index in [1.807, 2.05) is 24.3 Å². The SMILES string of the molecule is COc1cccc(C(C)CC(=O)NC2CCCCC2CN)c1. The fourth-order valence-corrected chi connectivity index (χ4v) is 3.29. The molecule has 2 rings (SSSR count). The molecule has 0 heterocycles. The molecule has 22 heavy (non-hydrogen) atoms. The highest BCUT2D eigenvalue weighted by Gasteiger charge is 2.25. The molecule has 3 N–H and O–H groups in total. The summed E-state index contributed by atoms with van der Waals surface area (Å²) in [4.78, 5) is 12.3. The van der Waals surface area contributed by atoms with Crippen molar-refractivity contribution in [2.45, 2.75) is 51.0 Å². The average Bonchev–Trinajstić information content (AvgIpc) is 2.55. The first-order valence-corrected chi connectivity index (χ1v) is 8.27. The number of nitrogens with one attached hydrogen (secondary N) is 1. The molecule has 1 amide bonds. The number of rotatable bonds is 6. The van der Waals surface area contributed by atoms with Crippen LogP contribution >= 0.6 is 0 Å². The largest absolute Gasteiger partial charge is 0.497 e. The van der Waals surface area contributed by atoms with Gasteiger partial charge in [-0.1, -0.05) is 31.9 Å². The number of hydrogen-bond acceptors (Lipinski definition) is 3. The van der Waals surface area contributed by atoms with Crippen LogP contribution in [0, 0.1) is 5.92 Å². The summed E-state index contributed by atoms with van der Waals surface area (Å²) in [5.74, 6) is 1.57. The van der Waals surface area contributed by atoms with E-state index in [1.165, 1.54) is 12.8 Å². The molecule has 122 valence electrons. The molecule has 3 atom stereocenters. The number of benzene rings is 1. The van der Waals surface area contributed by atoms with Gasteiger partial charge in [0.15, 0.2) is 0 Å². The minimum Gasteiger partial charge on any atom is -0.497 e. The predicted molar refractivity (Wildman–Crippen MR) is 89.0 cm³/mol.